The number of para-hydroxylation sites is 1. The molecule has 1 aliphatic rings. The van der Waals surface area contributed by atoms with Crippen LogP contribution in [0.1, 0.15) is 17.0 Å². The van der Waals surface area contributed by atoms with Crippen molar-refractivity contribution in [1.82, 2.24) is 4.90 Å². The van der Waals surface area contributed by atoms with Gasteiger partial charge in [0.1, 0.15) is 17.6 Å². The van der Waals surface area contributed by atoms with Gasteiger partial charge in [-0.1, -0.05) is 18.2 Å². The van der Waals surface area contributed by atoms with Gasteiger partial charge in [0, 0.05) is 19.5 Å². The summed E-state index contributed by atoms with van der Waals surface area (Å²) in [5.74, 6) is -3.45. The summed E-state index contributed by atoms with van der Waals surface area (Å²) < 4.78 is 27.5. The molecule has 2 aromatic carbocycles. The van der Waals surface area contributed by atoms with Crippen LogP contribution < -0.4 is 5.32 Å². The molecule has 0 spiro atoms. The molecular weight excluding hydrogens is 326 g/mol. The number of anilines is 1. The average molecular weight is 344 g/mol. The Labute approximate surface area is 144 Å². The van der Waals surface area contributed by atoms with Crippen LogP contribution >= 0.6 is 0 Å². The molecule has 130 valence electrons. The highest BCUT2D eigenvalue weighted by Gasteiger charge is 2.44. The van der Waals surface area contributed by atoms with Gasteiger partial charge in [0.05, 0.1) is 5.69 Å². The van der Waals surface area contributed by atoms with E-state index in [1.807, 2.05) is 0 Å². The maximum Gasteiger partial charge on any atom is 0.237 e. The number of nitrogens with one attached hydrogen (secondary N) is 1. The van der Waals surface area contributed by atoms with Crippen molar-refractivity contribution >= 4 is 17.5 Å². The van der Waals surface area contributed by atoms with E-state index in [0.717, 1.165) is 0 Å². The van der Waals surface area contributed by atoms with Gasteiger partial charge in [-0.3, -0.25) is 9.59 Å². The third-order valence-corrected chi connectivity index (χ3v) is 4.42. The van der Waals surface area contributed by atoms with Gasteiger partial charge < -0.3 is 10.2 Å². The number of likely N-dealkylation sites (tertiary alicyclic amines) is 1. The number of rotatable bonds is 3. The van der Waals surface area contributed by atoms with Crippen LogP contribution in [0.2, 0.25) is 0 Å². The zero-order valence-corrected chi connectivity index (χ0v) is 13.9. The van der Waals surface area contributed by atoms with Crippen molar-refractivity contribution < 1.29 is 18.4 Å². The van der Waals surface area contributed by atoms with Crippen molar-refractivity contribution in [2.45, 2.75) is 12.8 Å². The van der Waals surface area contributed by atoms with Crippen molar-refractivity contribution in [3.05, 3.63) is 65.2 Å². The number of likely N-dealkylation sites (N-methyl/N-ethyl adjacent to an activating group) is 1. The summed E-state index contributed by atoms with van der Waals surface area (Å²) in [6.45, 7) is 2.05. The Morgan fingerprint density at radius 3 is 2.60 bits per heavy atom. The summed E-state index contributed by atoms with van der Waals surface area (Å²) in [6, 6.07) is 10.3. The zero-order chi connectivity index (χ0) is 18.1. The lowest BCUT2D eigenvalue weighted by molar-refractivity contribution is -0.135. The second kappa shape index (κ2) is 6.63. The first-order valence-corrected chi connectivity index (χ1v) is 7.94. The summed E-state index contributed by atoms with van der Waals surface area (Å²) in [5, 5.41) is 2.48. The molecule has 1 fully saturated rings. The Morgan fingerprint density at radius 2 is 1.92 bits per heavy atom. The van der Waals surface area contributed by atoms with Crippen LogP contribution in [0, 0.1) is 24.5 Å². The van der Waals surface area contributed by atoms with E-state index >= 15 is 0 Å². The largest absolute Gasteiger partial charge is 0.344 e. The molecule has 4 nitrogen and oxygen atoms in total. The van der Waals surface area contributed by atoms with E-state index in [1.54, 1.807) is 26.1 Å². The second-order valence-corrected chi connectivity index (χ2v) is 6.33. The number of hydrogen-bond acceptors (Lipinski definition) is 2. The molecule has 2 atom stereocenters. The van der Waals surface area contributed by atoms with Gasteiger partial charge >= 0.3 is 0 Å². The summed E-state index contributed by atoms with van der Waals surface area (Å²) >= 11 is 0. The first-order chi connectivity index (χ1) is 11.9. The minimum Gasteiger partial charge on any atom is -0.344 e. The van der Waals surface area contributed by atoms with E-state index in [9.17, 15) is 18.4 Å². The van der Waals surface area contributed by atoms with Gasteiger partial charge in [-0.15, -0.1) is 0 Å². The number of halogens is 2. The van der Waals surface area contributed by atoms with Crippen molar-refractivity contribution in [3.63, 3.8) is 0 Å². The number of benzene rings is 2. The van der Waals surface area contributed by atoms with Gasteiger partial charge in [-0.25, -0.2) is 8.78 Å². The fourth-order valence-corrected chi connectivity index (χ4v) is 3.24. The Bertz CT molecular complexity index is 818. The van der Waals surface area contributed by atoms with Crippen molar-refractivity contribution in [2.24, 2.45) is 5.92 Å². The molecule has 0 unspecified atom stereocenters. The molecule has 6 heteroatoms. The van der Waals surface area contributed by atoms with E-state index in [4.69, 9.17) is 0 Å². The van der Waals surface area contributed by atoms with E-state index < -0.39 is 29.4 Å². The molecule has 1 N–H and O–H groups in total. The van der Waals surface area contributed by atoms with E-state index in [-0.39, 0.29) is 11.6 Å². The van der Waals surface area contributed by atoms with Gasteiger partial charge in [0.15, 0.2) is 0 Å². The van der Waals surface area contributed by atoms with Gasteiger partial charge in [-0.2, -0.15) is 0 Å². The second-order valence-electron chi connectivity index (χ2n) is 6.33. The fourth-order valence-electron chi connectivity index (χ4n) is 3.24. The molecule has 0 radical (unpaired) electrons. The molecule has 1 heterocycles. The highest BCUT2D eigenvalue weighted by atomic mass is 19.1. The summed E-state index contributed by atoms with van der Waals surface area (Å²) in [7, 11) is 1.60. The first-order valence-electron chi connectivity index (χ1n) is 7.94. The monoisotopic (exact) mass is 344 g/mol. The van der Waals surface area contributed by atoms with Gasteiger partial charge in [-0.05, 0) is 42.3 Å². The Balaban J connectivity index is 1.92. The number of hydrogen-bond donors (Lipinski definition) is 1. The average Bonchev–Trinajstić information content (AvgIpc) is 2.84. The predicted octanol–water partition coefficient (Wildman–Crippen LogP) is 3.08. The molecule has 2 amide bonds. The van der Waals surface area contributed by atoms with Crippen LogP contribution in [-0.2, 0) is 9.59 Å². The maximum absolute atomic E-state index is 13.8. The molecule has 1 aliphatic heterocycles. The molecule has 1 saturated heterocycles. The van der Waals surface area contributed by atoms with Crippen LogP contribution in [0.5, 0.6) is 0 Å². The molecule has 3 rings (SSSR count). The van der Waals surface area contributed by atoms with Crippen LogP contribution in [-0.4, -0.2) is 30.3 Å². The first kappa shape index (κ1) is 17.1. The van der Waals surface area contributed by atoms with Crippen LogP contribution in [0.15, 0.2) is 42.5 Å². The van der Waals surface area contributed by atoms with E-state index in [1.165, 1.54) is 35.2 Å². The van der Waals surface area contributed by atoms with Gasteiger partial charge in [0.2, 0.25) is 11.8 Å². The summed E-state index contributed by atoms with van der Waals surface area (Å²) in [4.78, 5) is 26.6. The predicted molar refractivity (Wildman–Crippen MR) is 90.0 cm³/mol. The number of amides is 2. The van der Waals surface area contributed by atoms with E-state index in [0.29, 0.717) is 17.7 Å². The maximum atomic E-state index is 13.8. The highest BCUT2D eigenvalue weighted by molar-refractivity contribution is 6.08. The lowest BCUT2D eigenvalue weighted by Crippen LogP contribution is -2.33. The lowest BCUT2D eigenvalue weighted by atomic mass is 9.87. The number of carbonyl (C=O) groups excluding carboxylic acids is 2. The smallest absolute Gasteiger partial charge is 0.237 e. The van der Waals surface area contributed by atoms with Crippen molar-refractivity contribution in [3.8, 4) is 0 Å². The highest BCUT2D eigenvalue weighted by Crippen LogP contribution is 2.34. The van der Waals surface area contributed by atoms with Crippen LogP contribution in [0.25, 0.3) is 0 Å². The standard InChI is InChI=1S/C19H18F2N2O2/c1-11-7-12(9-13(20)8-11)14-10-23(2)19(25)17(14)18(24)22-16-6-4-3-5-15(16)21/h3-9,14,17H,10H2,1-2H3,(H,22,24)/t14-,17+/m1/s1. The topological polar surface area (TPSA) is 49.4 Å². The van der Waals surface area contributed by atoms with Crippen LogP contribution in [0.3, 0.4) is 0 Å². The van der Waals surface area contributed by atoms with Crippen molar-refractivity contribution in [2.75, 3.05) is 18.9 Å². The van der Waals surface area contributed by atoms with E-state index in [2.05, 4.69) is 5.32 Å². The minimum absolute atomic E-state index is 0.0176. The molecule has 2 aromatic rings. The summed E-state index contributed by atoms with van der Waals surface area (Å²) in [5.41, 5.74) is 1.32. The quantitative estimate of drug-likeness (QED) is 0.870. The fraction of sp³-hybridized carbons (Fsp3) is 0.263. The zero-order valence-electron chi connectivity index (χ0n) is 13.9. The SMILES string of the molecule is Cc1cc(F)cc([C@H]2CN(C)C(=O)[C@@H]2C(=O)Nc2ccccc2F)c1. The number of aryl methyl sites for hydroxylation is 1. The van der Waals surface area contributed by atoms with Crippen LogP contribution in [0.4, 0.5) is 14.5 Å². The third kappa shape index (κ3) is 3.38. The molecule has 0 bridgehead atoms. The minimum atomic E-state index is -1.02. The Kier molecular flexibility index (Phi) is 4.53. The Morgan fingerprint density at radius 1 is 1.20 bits per heavy atom. The molecule has 0 saturated carbocycles. The lowest BCUT2D eigenvalue weighted by Gasteiger charge is -2.18. The normalized spacial score (nSPS) is 20.0. The molecule has 0 aliphatic carbocycles. The third-order valence-electron chi connectivity index (χ3n) is 4.42. The number of carbonyl (C=O) groups is 2. The van der Waals surface area contributed by atoms with Gasteiger partial charge in [0.25, 0.3) is 0 Å². The number of nitrogens with zero attached hydrogens (tertiary/aromatic N) is 1. The molecule has 25 heavy (non-hydrogen) atoms. The summed E-state index contributed by atoms with van der Waals surface area (Å²) in [6.07, 6.45) is 0. The Hall–Kier alpha value is -2.76. The molecule has 0 aromatic heterocycles. The molecular formula is C19H18F2N2O2. The van der Waals surface area contributed by atoms with Crippen molar-refractivity contribution in [1.29, 1.82) is 0 Å².